The Kier molecular flexibility index (Phi) is 6.37. The first-order chi connectivity index (χ1) is 6.75. The van der Waals surface area contributed by atoms with Gasteiger partial charge >= 0.3 is 5.97 Å². The average molecular weight is 345 g/mol. The number of rotatable bonds is 5. The molecule has 15 heavy (non-hydrogen) atoms. The number of hydrogen-bond acceptors (Lipinski definition) is 3. The molecule has 0 rings (SSSR count). The van der Waals surface area contributed by atoms with E-state index in [2.05, 4.69) is 57.9 Å². The Morgan fingerprint density at radius 3 is 2.27 bits per heavy atom. The zero-order chi connectivity index (χ0) is 12.1. The number of carbonyl (C=O) groups excluding carboxylic acids is 1. The first-order valence-corrected chi connectivity index (χ1v) is 6.84. The van der Waals surface area contributed by atoms with Crippen LogP contribution in [-0.4, -0.2) is 34.3 Å². The highest BCUT2D eigenvalue weighted by atomic mass is 79.9. The lowest BCUT2D eigenvalue weighted by Gasteiger charge is -2.28. The number of alkyl halides is 2. The van der Waals surface area contributed by atoms with Gasteiger partial charge in [0.2, 0.25) is 0 Å². The summed E-state index contributed by atoms with van der Waals surface area (Å²) in [6, 6.07) is 0. The fraction of sp³-hybridized carbons (Fsp3) is 0.900. The largest absolute Gasteiger partial charge is 0.465 e. The molecule has 0 heterocycles. The Morgan fingerprint density at radius 1 is 1.40 bits per heavy atom. The summed E-state index contributed by atoms with van der Waals surface area (Å²) in [6.45, 7) is 8.89. The maximum Gasteiger partial charge on any atom is 0.325 e. The molecule has 0 bridgehead atoms. The first kappa shape index (κ1) is 15.4. The average Bonchev–Trinajstić information content (AvgIpc) is 2.13. The molecule has 3 nitrogen and oxygen atoms in total. The number of hydrogen-bond donors (Lipinski definition) is 1. The van der Waals surface area contributed by atoms with Crippen LogP contribution < -0.4 is 5.32 Å². The Hall–Kier alpha value is 0.390. The van der Waals surface area contributed by atoms with Gasteiger partial charge in [0.1, 0.15) is 4.32 Å². The number of halogens is 2. The van der Waals surface area contributed by atoms with Crippen molar-refractivity contribution < 1.29 is 9.53 Å². The Labute approximate surface area is 109 Å². The molecule has 1 unspecified atom stereocenters. The van der Waals surface area contributed by atoms with Crippen molar-refractivity contribution >= 4 is 37.8 Å². The Bertz CT molecular complexity index is 216. The molecule has 90 valence electrons. The standard InChI is InChI=1S/C10H19Br2NO2/c1-5-15-8(14)10(12,6-11)7-13-9(2,3)4/h13H,5-7H2,1-4H3. The van der Waals surface area contributed by atoms with Crippen molar-refractivity contribution in [3.63, 3.8) is 0 Å². The lowest BCUT2D eigenvalue weighted by molar-refractivity contribution is -0.145. The molecule has 0 saturated carbocycles. The van der Waals surface area contributed by atoms with Crippen molar-refractivity contribution in [3.05, 3.63) is 0 Å². The van der Waals surface area contributed by atoms with Crippen LogP contribution in [-0.2, 0) is 9.53 Å². The van der Waals surface area contributed by atoms with Gasteiger partial charge in [-0.15, -0.1) is 0 Å². The number of esters is 1. The molecule has 0 saturated heterocycles. The maximum absolute atomic E-state index is 11.7. The lowest BCUT2D eigenvalue weighted by Crippen LogP contribution is -2.50. The monoisotopic (exact) mass is 343 g/mol. The summed E-state index contributed by atoms with van der Waals surface area (Å²) in [5, 5.41) is 3.79. The van der Waals surface area contributed by atoms with Gasteiger partial charge in [-0.05, 0) is 27.7 Å². The highest BCUT2D eigenvalue weighted by Crippen LogP contribution is 2.23. The predicted molar refractivity (Wildman–Crippen MR) is 69.8 cm³/mol. The van der Waals surface area contributed by atoms with E-state index in [1.807, 2.05) is 0 Å². The molecule has 0 aliphatic heterocycles. The Morgan fingerprint density at radius 2 is 1.93 bits per heavy atom. The molecule has 0 aromatic rings. The topological polar surface area (TPSA) is 38.3 Å². The van der Waals surface area contributed by atoms with E-state index in [1.165, 1.54) is 0 Å². The van der Waals surface area contributed by atoms with Crippen LogP contribution in [0.5, 0.6) is 0 Å². The number of nitrogens with one attached hydrogen (secondary N) is 1. The van der Waals surface area contributed by atoms with Gasteiger partial charge in [0.05, 0.1) is 6.61 Å². The number of carbonyl (C=O) groups is 1. The van der Waals surface area contributed by atoms with Crippen LogP contribution in [0.1, 0.15) is 27.7 Å². The van der Waals surface area contributed by atoms with Crippen molar-refractivity contribution in [2.45, 2.75) is 37.6 Å². The smallest absolute Gasteiger partial charge is 0.325 e. The molecule has 0 fully saturated rings. The summed E-state index contributed by atoms with van der Waals surface area (Å²) in [5.41, 5.74) is -0.0202. The molecule has 0 spiro atoms. The van der Waals surface area contributed by atoms with Gasteiger partial charge in [0, 0.05) is 17.4 Å². The molecule has 0 aromatic heterocycles. The van der Waals surface area contributed by atoms with E-state index in [-0.39, 0.29) is 11.5 Å². The van der Waals surface area contributed by atoms with Gasteiger partial charge < -0.3 is 10.1 Å². The fourth-order valence-corrected chi connectivity index (χ4v) is 1.52. The summed E-state index contributed by atoms with van der Waals surface area (Å²) >= 11 is 6.74. The van der Waals surface area contributed by atoms with Crippen LogP contribution in [0, 0.1) is 0 Å². The SMILES string of the molecule is CCOC(=O)C(Br)(CBr)CNC(C)(C)C. The van der Waals surface area contributed by atoms with E-state index in [1.54, 1.807) is 6.92 Å². The van der Waals surface area contributed by atoms with Crippen LogP contribution in [0.4, 0.5) is 0 Å². The van der Waals surface area contributed by atoms with Crippen LogP contribution in [0.2, 0.25) is 0 Å². The maximum atomic E-state index is 11.7. The van der Waals surface area contributed by atoms with Gasteiger partial charge in [0.15, 0.2) is 0 Å². The molecule has 1 atom stereocenters. The van der Waals surface area contributed by atoms with Crippen LogP contribution in [0.25, 0.3) is 0 Å². The minimum Gasteiger partial charge on any atom is -0.465 e. The van der Waals surface area contributed by atoms with Gasteiger partial charge in [-0.2, -0.15) is 0 Å². The van der Waals surface area contributed by atoms with Gasteiger partial charge in [-0.3, -0.25) is 4.79 Å². The van der Waals surface area contributed by atoms with E-state index in [0.29, 0.717) is 18.5 Å². The lowest BCUT2D eigenvalue weighted by atomic mass is 10.1. The second-order valence-electron chi connectivity index (χ2n) is 4.42. The second-order valence-corrected chi connectivity index (χ2v) is 6.50. The van der Waals surface area contributed by atoms with E-state index in [9.17, 15) is 4.79 Å². The third-order valence-corrected chi connectivity index (χ3v) is 4.35. The normalized spacial score (nSPS) is 15.9. The molecule has 0 aliphatic rings. The zero-order valence-electron chi connectivity index (χ0n) is 9.69. The van der Waals surface area contributed by atoms with Crippen LogP contribution in [0.3, 0.4) is 0 Å². The third-order valence-electron chi connectivity index (χ3n) is 1.75. The van der Waals surface area contributed by atoms with E-state index in [4.69, 9.17) is 4.74 Å². The summed E-state index contributed by atoms with van der Waals surface area (Å²) in [6.07, 6.45) is 0. The highest BCUT2D eigenvalue weighted by Gasteiger charge is 2.36. The molecule has 0 aromatic carbocycles. The summed E-state index contributed by atoms with van der Waals surface area (Å²) in [4.78, 5) is 11.7. The molecule has 0 amide bonds. The van der Waals surface area contributed by atoms with E-state index < -0.39 is 4.32 Å². The fourth-order valence-electron chi connectivity index (χ4n) is 0.840. The minimum absolute atomic E-state index is 0.0202. The van der Waals surface area contributed by atoms with E-state index in [0.717, 1.165) is 0 Å². The third kappa shape index (κ3) is 5.88. The van der Waals surface area contributed by atoms with Crippen molar-refractivity contribution in [1.29, 1.82) is 0 Å². The molecule has 0 radical (unpaired) electrons. The van der Waals surface area contributed by atoms with Crippen LogP contribution >= 0.6 is 31.9 Å². The van der Waals surface area contributed by atoms with Crippen LogP contribution in [0.15, 0.2) is 0 Å². The quantitative estimate of drug-likeness (QED) is 0.615. The van der Waals surface area contributed by atoms with Crippen molar-refractivity contribution in [2.75, 3.05) is 18.5 Å². The second kappa shape index (κ2) is 6.21. The number of ether oxygens (including phenoxy) is 1. The molecular weight excluding hydrogens is 326 g/mol. The minimum atomic E-state index is -0.684. The van der Waals surface area contributed by atoms with Crippen molar-refractivity contribution in [1.82, 2.24) is 5.32 Å². The van der Waals surface area contributed by atoms with Crippen molar-refractivity contribution in [3.8, 4) is 0 Å². The van der Waals surface area contributed by atoms with Gasteiger partial charge in [-0.1, -0.05) is 31.9 Å². The summed E-state index contributed by atoms with van der Waals surface area (Å²) in [7, 11) is 0. The molecule has 0 aliphatic carbocycles. The molecule has 1 N–H and O–H groups in total. The van der Waals surface area contributed by atoms with Crippen molar-refractivity contribution in [2.24, 2.45) is 0 Å². The summed E-state index contributed by atoms with van der Waals surface area (Å²) < 4.78 is 4.32. The van der Waals surface area contributed by atoms with Gasteiger partial charge in [-0.25, -0.2) is 0 Å². The molecule has 5 heteroatoms. The Balaban J connectivity index is 4.37. The van der Waals surface area contributed by atoms with Gasteiger partial charge in [0.25, 0.3) is 0 Å². The predicted octanol–water partition coefficient (Wildman–Crippen LogP) is 2.47. The zero-order valence-corrected chi connectivity index (χ0v) is 12.9. The van der Waals surface area contributed by atoms with E-state index >= 15 is 0 Å². The molecular formula is C10H19Br2NO2. The first-order valence-electron chi connectivity index (χ1n) is 4.92. The summed E-state index contributed by atoms with van der Waals surface area (Å²) in [5.74, 6) is -0.237. The highest BCUT2D eigenvalue weighted by molar-refractivity contribution is 9.12.